The summed E-state index contributed by atoms with van der Waals surface area (Å²) in [6, 6.07) is 32.5. The average molecular weight is 492 g/mol. The van der Waals surface area contributed by atoms with Gasteiger partial charge in [-0.1, -0.05) is 97.1 Å². The van der Waals surface area contributed by atoms with E-state index < -0.39 is 0 Å². The summed E-state index contributed by atoms with van der Waals surface area (Å²) in [7, 11) is 0. The lowest BCUT2D eigenvalue weighted by Gasteiger charge is -2.15. The number of hydrogen-bond acceptors (Lipinski definition) is 1. The second-order valence-electron chi connectivity index (χ2n) is 10.1. The molecule has 6 aromatic rings. The predicted octanol–water partition coefficient (Wildman–Crippen LogP) is 9.95. The minimum absolute atomic E-state index is 0.747. The molecule has 0 fully saturated rings. The van der Waals surface area contributed by atoms with Gasteiger partial charge in [0.05, 0.1) is 0 Å². The molecule has 4 aromatic carbocycles. The Labute approximate surface area is 222 Å². The van der Waals surface area contributed by atoms with E-state index in [1.807, 2.05) is 0 Å². The fourth-order valence-electron chi connectivity index (χ4n) is 5.86. The van der Waals surface area contributed by atoms with E-state index in [9.17, 15) is 0 Å². The van der Waals surface area contributed by atoms with Gasteiger partial charge in [-0.25, -0.2) is 0 Å². The van der Waals surface area contributed by atoms with E-state index in [2.05, 4.69) is 127 Å². The van der Waals surface area contributed by atoms with Gasteiger partial charge in [0.15, 0.2) is 0 Å². The first-order valence-corrected chi connectivity index (χ1v) is 13.4. The number of H-pyrrole nitrogens is 1. The van der Waals surface area contributed by atoms with Crippen LogP contribution in [0.1, 0.15) is 47.8 Å². The molecule has 1 aliphatic rings. The van der Waals surface area contributed by atoms with Crippen molar-refractivity contribution < 1.29 is 4.42 Å². The number of para-hydroxylation sites is 2. The van der Waals surface area contributed by atoms with Gasteiger partial charge < -0.3 is 9.40 Å². The van der Waals surface area contributed by atoms with Crippen molar-refractivity contribution in [2.45, 2.75) is 26.2 Å². The lowest BCUT2D eigenvalue weighted by atomic mass is 9.90. The number of rotatable bonds is 5. The second-order valence-corrected chi connectivity index (χ2v) is 10.1. The van der Waals surface area contributed by atoms with E-state index in [-0.39, 0.29) is 0 Å². The highest BCUT2D eigenvalue weighted by atomic mass is 16.3. The van der Waals surface area contributed by atoms with Crippen LogP contribution in [-0.2, 0) is 6.42 Å². The Morgan fingerprint density at radius 2 is 1.63 bits per heavy atom. The van der Waals surface area contributed by atoms with Crippen molar-refractivity contribution in [2.24, 2.45) is 0 Å². The fourth-order valence-corrected chi connectivity index (χ4v) is 5.86. The quantitative estimate of drug-likeness (QED) is 0.255. The number of nitrogens with one attached hydrogen (secondary N) is 1. The lowest BCUT2D eigenvalue weighted by Crippen LogP contribution is -1.93. The van der Waals surface area contributed by atoms with Crippen LogP contribution >= 0.6 is 0 Å². The number of benzene rings is 4. The van der Waals surface area contributed by atoms with E-state index in [0.717, 1.165) is 30.6 Å². The molecule has 0 amide bonds. The first-order chi connectivity index (χ1) is 18.8. The number of aromatic nitrogens is 1. The molecule has 0 spiro atoms. The van der Waals surface area contributed by atoms with Crippen molar-refractivity contribution in [1.82, 2.24) is 4.98 Å². The molecule has 7 rings (SSSR count). The monoisotopic (exact) mass is 491 g/mol. The zero-order valence-electron chi connectivity index (χ0n) is 21.5. The van der Waals surface area contributed by atoms with Crippen LogP contribution in [-0.4, -0.2) is 4.98 Å². The Hall–Kier alpha value is -4.56. The van der Waals surface area contributed by atoms with Gasteiger partial charge in [0.2, 0.25) is 0 Å². The van der Waals surface area contributed by atoms with Crippen LogP contribution in [0.3, 0.4) is 0 Å². The summed E-state index contributed by atoms with van der Waals surface area (Å²) in [6.07, 6.45) is 11.8. The molecule has 0 atom stereocenters. The highest BCUT2D eigenvalue weighted by Crippen LogP contribution is 2.38. The average Bonchev–Trinajstić information content (AvgIpc) is 3.51. The molecule has 0 unspecified atom stereocenters. The molecular weight excluding hydrogens is 462 g/mol. The summed E-state index contributed by atoms with van der Waals surface area (Å²) < 4.78 is 6.74. The molecule has 2 aromatic heterocycles. The fraction of sp³-hybridized carbons (Fsp3) is 0.111. The van der Waals surface area contributed by atoms with Crippen LogP contribution in [0.5, 0.6) is 0 Å². The number of furan rings is 1. The minimum Gasteiger partial charge on any atom is -0.459 e. The van der Waals surface area contributed by atoms with Crippen LogP contribution in [0.15, 0.2) is 114 Å². The first kappa shape index (κ1) is 22.6. The number of allylic oxidation sites excluding steroid dienone is 5. The van der Waals surface area contributed by atoms with Gasteiger partial charge in [0.1, 0.15) is 11.3 Å². The van der Waals surface area contributed by atoms with Crippen LogP contribution in [0.25, 0.3) is 50.0 Å². The maximum absolute atomic E-state index is 6.74. The van der Waals surface area contributed by atoms with Crippen molar-refractivity contribution in [3.63, 3.8) is 0 Å². The van der Waals surface area contributed by atoms with Crippen molar-refractivity contribution in [3.8, 4) is 0 Å². The summed E-state index contributed by atoms with van der Waals surface area (Å²) in [5.74, 6) is 1.01. The molecule has 38 heavy (non-hydrogen) atoms. The molecule has 1 N–H and O–H groups in total. The van der Waals surface area contributed by atoms with Crippen LogP contribution in [0.2, 0.25) is 0 Å². The Morgan fingerprint density at radius 1 is 0.816 bits per heavy atom. The van der Waals surface area contributed by atoms with Gasteiger partial charge in [0, 0.05) is 44.7 Å². The summed E-state index contributed by atoms with van der Waals surface area (Å²) in [4.78, 5) is 3.54. The van der Waals surface area contributed by atoms with E-state index in [1.54, 1.807) is 0 Å². The summed E-state index contributed by atoms with van der Waals surface area (Å²) >= 11 is 0. The summed E-state index contributed by atoms with van der Waals surface area (Å²) in [6.45, 7) is 2.07. The first-order valence-electron chi connectivity index (χ1n) is 13.4. The van der Waals surface area contributed by atoms with Crippen molar-refractivity contribution in [3.05, 3.63) is 137 Å². The molecule has 184 valence electrons. The minimum atomic E-state index is 0.747. The third kappa shape index (κ3) is 3.90. The maximum atomic E-state index is 6.74. The predicted molar refractivity (Wildman–Crippen MR) is 161 cm³/mol. The Morgan fingerprint density at radius 3 is 2.53 bits per heavy atom. The molecule has 0 saturated carbocycles. The zero-order chi connectivity index (χ0) is 25.5. The highest BCUT2D eigenvalue weighted by Gasteiger charge is 2.19. The molecule has 0 aliphatic heterocycles. The Balaban J connectivity index is 1.32. The van der Waals surface area contributed by atoms with E-state index in [1.165, 1.54) is 60.6 Å². The third-order valence-electron chi connectivity index (χ3n) is 7.66. The molecule has 0 radical (unpaired) electrons. The largest absolute Gasteiger partial charge is 0.459 e. The van der Waals surface area contributed by atoms with E-state index in [4.69, 9.17) is 4.42 Å². The number of hydrogen-bond donors (Lipinski definition) is 1. The van der Waals surface area contributed by atoms with Gasteiger partial charge in [-0.15, -0.1) is 0 Å². The van der Waals surface area contributed by atoms with E-state index in [0.29, 0.717) is 0 Å². The van der Waals surface area contributed by atoms with Crippen LogP contribution in [0, 0.1) is 0 Å². The van der Waals surface area contributed by atoms with Gasteiger partial charge in [-0.2, -0.15) is 0 Å². The van der Waals surface area contributed by atoms with Gasteiger partial charge in [0.25, 0.3) is 0 Å². The van der Waals surface area contributed by atoms with Gasteiger partial charge >= 0.3 is 0 Å². The van der Waals surface area contributed by atoms with Crippen molar-refractivity contribution >= 4 is 50.0 Å². The molecule has 1 aliphatic carbocycles. The summed E-state index contributed by atoms with van der Waals surface area (Å²) in [5.41, 5.74) is 10.9. The SMILES string of the molecule is C/C=C\c1c(Cc2ccc3[nH]c4ccccc4c3c2)oc2c(C3=CC(c4ccccc4)=CCC3)cccc12. The van der Waals surface area contributed by atoms with Gasteiger partial charge in [-0.05, 0) is 60.2 Å². The third-order valence-corrected chi connectivity index (χ3v) is 7.66. The van der Waals surface area contributed by atoms with Crippen LogP contribution < -0.4 is 0 Å². The van der Waals surface area contributed by atoms with Crippen molar-refractivity contribution in [2.75, 3.05) is 0 Å². The van der Waals surface area contributed by atoms with Gasteiger partial charge in [-0.3, -0.25) is 0 Å². The zero-order valence-corrected chi connectivity index (χ0v) is 21.5. The molecular formula is C36H29NO. The summed E-state index contributed by atoms with van der Waals surface area (Å²) in [5, 5.41) is 3.70. The molecule has 0 saturated heterocycles. The molecule has 2 heterocycles. The number of fused-ring (bicyclic) bond motifs is 4. The maximum Gasteiger partial charge on any atom is 0.142 e. The topological polar surface area (TPSA) is 28.9 Å². The standard InChI is InChI=1S/C36H29NO/c1-2-10-30-31-17-9-16-28(27-14-8-13-26(23-27)25-11-4-3-5-12-25)36(31)38-35(30)22-24-19-20-34-32(21-24)29-15-6-7-18-33(29)37-34/h2-7,9-13,15-21,23,37H,8,14,22H2,1H3/b10-2-. The Bertz CT molecular complexity index is 1890. The highest BCUT2D eigenvalue weighted by molar-refractivity contribution is 6.07. The molecule has 0 bridgehead atoms. The number of aromatic amines is 1. The molecule has 2 nitrogen and oxygen atoms in total. The molecule has 2 heteroatoms. The smallest absolute Gasteiger partial charge is 0.142 e. The Kier molecular flexibility index (Phi) is 5.59. The van der Waals surface area contributed by atoms with Crippen LogP contribution in [0.4, 0.5) is 0 Å². The van der Waals surface area contributed by atoms with Crippen molar-refractivity contribution in [1.29, 1.82) is 0 Å². The lowest BCUT2D eigenvalue weighted by molar-refractivity contribution is 0.561. The second kappa shape index (κ2) is 9.39. The normalized spacial score (nSPS) is 14.0. The van der Waals surface area contributed by atoms with E-state index >= 15 is 0 Å².